The molecule has 1 aliphatic rings. The molecular formula is C17H17N7OS2. The van der Waals surface area contributed by atoms with Crippen LogP contribution < -0.4 is 11.4 Å². The molecule has 0 amide bonds. The lowest BCUT2D eigenvalue weighted by Gasteiger charge is -2.17. The van der Waals surface area contributed by atoms with Crippen LogP contribution in [0.1, 0.15) is 29.6 Å². The maximum atomic E-state index is 12.5. The van der Waals surface area contributed by atoms with Crippen LogP contribution in [0.2, 0.25) is 0 Å². The average molecular weight is 400 g/mol. The minimum Gasteiger partial charge on any atom is -0.383 e. The quantitative estimate of drug-likeness (QED) is 0.567. The van der Waals surface area contributed by atoms with E-state index in [-0.39, 0.29) is 12.2 Å². The van der Waals surface area contributed by atoms with Crippen LogP contribution in [0.3, 0.4) is 0 Å². The number of fused-ring (bicyclic) bond motifs is 3. The summed E-state index contributed by atoms with van der Waals surface area (Å²) in [5.74, 6) is 1.65. The summed E-state index contributed by atoms with van der Waals surface area (Å²) in [5.41, 5.74) is 7.25. The van der Waals surface area contributed by atoms with Gasteiger partial charge in [-0.1, -0.05) is 6.92 Å². The number of nitrogens with zero attached hydrogens (tertiary/aromatic N) is 6. The molecule has 0 aliphatic heterocycles. The lowest BCUT2D eigenvalue weighted by atomic mass is 9.89. The Morgan fingerprint density at radius 3 is 3.04 bits per heavy atom. The first-order chi connectivity index (χ1) is 13.1. The van der Waals surface area contributed by atoms with Crippen LogP contribution in [-0.4, -0.2) is 29.8 Å². The van der Waals surface area contributed by atoms with Gasteiger partial charge in [-0.2, -0.15) is 9.36 Å². The van der Waals surface area contributed by atoms with Gasteiger partial charge in [0.05, 0.1) is 5.39 Å². The van der Waals surface area contributed by atoms with E-state index >= 15 is 0 Å². The van der Waals surface area contributed by atoms with Crippen molar-refractivity contribution in [1.29, 1.82) is 0 Å². The van der Waals surface area contributed by atoms with Crippen molar-refractivity contribution in [3.63, 3.8) is 0 Å². The Kier molecular flexibility index (Phi) is 3.83. The molecule has 10 heteroatoms. The molecule has 0 fully saturated rings. The zero-order valence-electron chi connectivity index (χ0n) is 14.6. The SMILES string of the molecule is CC1CCc2c(sc3nc(Cn4nnn(-c5cccs5)c4=O)nc(N)c23)C1. The highest BCUT2D eigenvalue weighted by Crippen LogP contribution is 2.39. The normalized spacial score (nSPS) is 16.7. The number of nitrogen functional groups attached to an aromatic ring is 1. The topological polar surface area (TPSA) is 105 Å². The van der Waals surface area contributed by atoms with Gasteiger partial charge in [0.15, 0.2) is 5.82 Å². The van der Waals surface area contributed by atoms with Crippen molar-refractivity contribution in [2.75, 3.05) is 5.73 Å². The van der Waals surface area contributed by atoms with Gasteiger partial charge in [-0.3, -0.25) is 0 Å². The van der Waals surface area contributed by atoms with Gasteiger partial charge >= 0.3 is 5.69 Å². The van der Waals surface area contributed by atoms with Crippen LogP contribution >= 0.6 is 22.7 Å². The molecule has 0 aromatic carbocycles. The fourth-order valence-electron chi connectivity index (χ4n) is 3.52. The molecule has 5 rings (SSSR count). The average Bonchev–Trinajstić information content (AvgIpc) is 3.34. The van der Waals surface area contributed by atoms with E-state index in [1.165, 1.54) is 37.6 Å². The van der Waals surface area contributed by atoms with Gasteiger partial charge in [-0.25, -0.2) is 14.8 Å². The Morgan fingerprint density at radius 1 is 1.33 bits per heavy atom. The molecule has 0 saturated heterocycles. The first-order valence-electron chi connectivity index (χ1n) is 8.73. The predicted molar refractivity (Wildman–Crippen MR) is 106 cm³/mol. The van der Waals surface area contributed by atoms with E-state index in [0.29, 0.717) is 17.6 Å². The second-order valence-corrected chi connectivity index (χ2v) is 8.85. The summed E-state index contributed by atoms with van der Waals surface area (Å²) >= 11 is 3.12. The van der Waals surface area contributed by atoms with Crippen LogP contribution in [0.4, 0.5) is 5.82 Å². The van der Waals surface area contributed by atoms with Gasteiger partial charge in [-0.15, -0.1) is 22.7 Å². The van der Waals surface area contributed by atoms with Crippen molar-refractivity contribution in [1.82, 2.24) is 29.8 Å². The fraction of sp³-hybridized carbons (Fsp3) is 0.353. The summed E-state index contributed by atoms with van der Waals surface area (Å²) in [6.07, 6.45) is 3.26. The molecule has 0 saturated carbocycles. The van der Waals surface area contributed by atoms with Crippen molar-refractivity contribution in [3.05, 3.63) is 44.3 Å². The Bertz CT molecular complexity index is 1190. The second-order valence-electron chi connectivity index (χ2n) is 6.84. The third-order valence-electron chi connectivity index (χ3n) is 4.87. The highest BCUT2D eigenvalue weighted by atomic mass is 32.1. The van der Waals surface area contributed by atoms with E-state index in [4.69, 9.17) is 5.73 Å². The summed E-state index contributed by atoms with van der Waals surface area (Å²) in [6, 6.07) is 3.69. The Labute approximate surface area is 162 Å². The van der Waals surface area contributed by atoms with Crippen LogP contribution in [0, 0.1) is 5.92 Å². The zero-order chi connectivity index (χ0) is 18.5. The van der Waals surface area contributed by atoms with Gasteiger partial charge in [0, 0.05) is 4.88 Å². The molecule has 0 spiro atoms. The minimum atomic E-state index is -0.320. The molecule has 27 heavy (non-hydrogen) atoms. The Hall–Kier alpha value is -2.59. The summed E-state index contributed by atoms with van der Waals surface area (Å²) in [6.45, 7) is 2.42. The highest BCUT2D eigenvalue weighted by molar-refractivity contribution is 7.19. The van der Waals surface area contributed by atoms with E-state index in [0.717, 1.165) is 28.1 Å². The van der Waals surface area contributed by atoms with E-state index in [1.54, 1.807) is 11.3 Å². The van der Waals surface area contributed by atoms with Crippen LogP contribution in [0.15, 0.2) is 22.3 Å². The number of aromatic nitrogens is 6. The minimum absolute atomic E-state index is 0.142. The van der Waals surface area contributed by atoms with Crippen LogP contribution in [0.5, 0.6) is 0 Å². The van der Waals surface area contributed by atoms with Gasteiger partial charge in [0.2, 0.25) is 0 Å². The molecule has 4 heterocycles. The number of aryl methyl sites for hydroxylation is 1. The van der Waals surface area contributed by atoms with Crippen molar-refractivity contribution in [2.24, 2.45) is 5.92 Å². The molecule has 0 radical (unpaired) electrons. The van der Waals surface area contributed by atoms with E-state index < -0.39 is 0 Å². The summed E-state index contributed by atoms with van der Waals surface area (Å²) in [5, 5.41) is 11.5. The zero-order valence-corrected chi connectivity index (χ0v) is 16.3. The van der Waals surface area contributed by atoms with Crippen LogP contribution in [-0.2, 0) is 19.4 Å². The third-order valence-corrected chi connectivity index (χ3v) is 6.87. The summed E-state index contributed by atoms with van der Waals surface area (Å²) < 4.78 is 2.54. The molecule has 0 bridgehead atoms. The monoisotopic (exact) mass is 399 g/mol. The second kappa shape index (κ2) is 6.24. The molecule has 138 valence electrons. The van der Waals surface area contributed by atoms with E-state index in [1.807, 2.05) is 17.5 Å². The molecule has 1 unspecified atom stereocenters. The molecular weight excluding hydrogens is 382 g/mol. The number of anilines is 1. The third kappa shape index (κ3) is 2.76. The van der Waals surface area contributed by atoms with Crippen molar-refractivity contribution < 1.29 is 0 Å². The van der Waals surface area contributed by atoms with Crippen molar-refractivity contribution >= 4 is 38.7 Å². The highest BCUT2D eigenvalue weighted by Gasteiger charge is 2.23. The molecule has 1 atom stereocenters. The maximum Gasteiger partial charge on any atom is 0.369 e. The number of tetrazole rings is 1. The molecule has 8 nitrogen and oxygen atoms in total. The van der Waals surface area contributed by atoms with E-state index in [9.17, 15) is 4.79 Å². The lowest BCUT2D eigenvalue weighted by Crippen LogP contribution is -2.25. The van der Waals surface area contributed by atoms with E-state index in [2.05, 4.69) is 27.3 Å². The Morgan fingerprint density at radius 2 is 2.22 bits per heavy atom. The van der Waals surface area contributed by atoms with Gasteiger partial charge < -0.3 is 5.73 Å². The molecule has 4 aromatic heterocycles. The first kappa shape index (κ1) is 16.6. The predicted octanol–water partition coefficient (Wildman–Crippen LogP) is 2.25. The summed E-state index contributed by atoms with van der Waals surface area (Å²) in [7, 11) is 0. The summed E-state index contributed by atoms with van der Waals surface area (Å²) in [4.78, 5) is 23.9. The molecule has 1 aliphatic carbocycles. The van der Waals surface area contributed by atoms with Gasteiger partial charge in [0.1, 0.15) is 22.2 Å². The Balaban J connectivity index is 1.52. The number of hydrogen-bond donors (Lipinski definition) is 1. The first-order valence-corrected chi connectivity index (χ1v) is 10.4. The molecule has 2 N–H and O–H groups in total. The fourth-order valence-corrected chi connectivity index (χ4v) is 5.60. The molecule has 4 aromatic rings. The van der Waals surface area contributed by atoms with Gasteiger partial charge in [-0.05, 0) is 58.7 Å². The largest absolute Gasteiger partial charge is 0.383 e. The van der Waals surface area contributed by atoms with Gasteiger partial charge in [0.25, 0.3) is 0 Å². The lowest BCUT2D eigenvalue weighted by molar-refractivity contribution is 0.509. The van der Waals surface area contributed by atoms with Crippen molar-refractivity contribution in [2.45, 2.75) is 32.7 Å². The number of hydrogen-bond acceptors (Lipinski definition) is 8. The van der Waals surface area contributed by atoms with Crippen LogP contribution in [0.25, 0.3) is 15.2 Å². The number of nitrogens with two attached hydrogens (primary N) is 1. The maximum absolute atomic E-state index is 12.5. The standard InChI is InChI=1S/C17H17N7OS2/c1-9-4-5-10-11(7-9)27-16-14(10)15(18)19-12(20-16)8-23-17(25)24(22-21-23)13-3-2-6-26-13/h2-3,6,9H,4-5,7-8H2,1H3,(H2,18,19,20). The number of thiophene rings is 2. The number of rotatable bonds is 3. The smallest absolute Gasteiger partial charge is 0.369 e. The van der Waals surface area contributed by atoms with Crippen molar-refractivity contribution in [3.8, 4) is 5.00 Å².